The van der Waals surface area contributed by atoms with Crippen molar-refractivity contribution in [1.29, 1.82) is 0 Å². The summed E-state index contributed by atoms with van der Waals surface area (Å²) in [7, 11) is 2.06. The Balaban J connectivity index is 1.95. The van der Waals surface area contributed by atoms with E-state index in [-0.39, 0.29) is 0 Å². The smallest absolute Gasteiger partial charge is 0.0492 e. The van der Waals surface area contributed by atoms with Gasteiger partial charge in [0.2, 0.25) is 0 Å². The first kappa shape index (κ1) is 11.6. The highest BCUT2D eigenvalue weighted by atomic mass is 15.3. The van der Waals surface area contributed by atoms with E-state index in [0.717, 1.165) is 18.4 Å². The third-order valence-corrected chi connectivity index (χ3v) is 3.73. The lowest BCUT2D eigenvalue weighted by Crippen LogP contribution is -2.25. The minimum atomic E-state index is 0.719. The molecule has 2 unspecified atom stereocenters. The first-order chi connectivity index (χ1) is 7.83. The normalized spacial score (nSPS) is 25.1. The van der Waals surface area contributed by atoms with Crippen molar-refractivity contribution in [2.75, 3.05) is 13.1 Å². The van der Waals surface area contributed by atoms with Crippen molar-refractivity contribution in [2.24, 2.45) is 13.0 Å². The summed E-state index contributed by atoms with van der Waals surface area (Å²) in [5.41, 5.74) is 1.42. The zero-order valence-electron chi connectivity index (χ0n) is 10.4. The molecule has 2 atom stereocenters. The molecule has 1 aliphatic rings. The van der Waals surface area contributed by atoms with Gasteiger partial charge in [-0.2, -0.15) is 5.10 Å². The molecule has 1 aromatic heterocycles. The van der Waals surface area contributed by atoms with Gasteiger partial charge >= 0.3 is 0 Å². The lowest BCUT2D eigenvalue weighted by Gasteiger charge is -2.20. The summed E-state index contributed by atoms with van der Waals surface area (Å²) in [6, 6.07) is 2.18. The van der Waals surface area contributed by atoms with Gasteiger partial charge in [0.25, 0.3) is 0 Å². The Kier molecular flexibility index (Phi) is 3.99. The molecule has 1 aromatic rings. The summed E-state index contributed by atoms with van der Waals surface area (Å²) < 4.78 is 2.04. The molecule has 0 amide bonds. The van der Waals surface area contributed by atoms with Crippen LogP contribution in [0.25, 0.3) is 0 Å². The van der Waals surface area contributed by atoms with E-state index in [1.807, 2.05) is 10.9 Å². The minimum Gasteiger partial charge on any atom is -0.316 e. The molecule has 1 N–H and O–H groups in total. The molecule has 2 rings (SSSR count). The molecule has 0 spiro atoms. The summed E-state index contributed by atoms with van der Waals surface area (Å²) in [6.45, 7) is 4.54. The van der Waals surface area contributed by atoms with Gasteiger partial charge in [0.1, 0.15) is 0 Å². The van der Waals surface area contributed by atoms with Crippen molar-refractivity contribution in [3.63, 3.8) is 0 Å². The molecule has 1 heterocycles. The third-order valence-electron chi connectivity index (χ3n) is 3.73. The number of hydrogen-bond acceptors (Lipinski definition) is 2. The SMILES string of the molecule is CCCNCC1CCCC1c1ccnn1C. The minimum absolute atomic E-state index is 0.719. The fraction of sp³-hybridized carbons (Fsp3) is 0.769. The van der Waals surface area contributed by atoms with Crippen LogP contribution in [-0.2, 0) is 7.05 Å². The second kappa shape index (κ2) is 5.48. The number of aryl methyl sites for hydroxylation is 1. The summed E-state index contributed by atoms with van der Waals surface area (Å²) in [5, 5.41) is 7.85. The van der Waals surface area contributed by atoms with Crippen LogP contribution in [0.5, 0.6) is 0 Å². The van der Waals surface area contributed by atoms with Crippen molar-refractivity contribution in [1.82, 2.24) is 15.1 Å². The lowest BCUT2D eigenvalue weighted by molar-refractivity contribution is 0.428. The Hall–Kier alpha value is -0.830. The number of aromatic nitrogens is 2. The first-order valence-corrected chi connectivity index (χ1v) is 6.51. The molecule has 1 fully saturated rings. The molecule has 0 aliphatic heterocycles. The van der Waals surface area contributed by atoms with Gasteiger partial charge in [-0.25, -0.2) is 0 Å². The fourth-order valence-corrected chi connectivity index (χ4v) is 2.88. The average molecular weight is 221 g/mol. The Labute approximate surface area is 98.2 Å². The van der Waals surface area contributed by atoms with Crippen LogP contribution in [0.1, 0.15) is 44.2 Å². The standard InChI is InChI=1S/C13H23N3/c1-3-8-14-10-11-5-4-6-12(11)13-7-9-15-16(13)2/h7,9,11-12,14H,3-6,8,10H2,1-2H3. The van der Waals surface area contributed by atoms with Crippen molar-refractivity contribution in [3.05, 3.63) is 18.0 Å². The van der Waals surface area contributed by atoms with E-state index in [1.165, 1.54) is 37.9 Å². The van der Waals surface area contributed by atoms with Gasteiger partial charge in [-0.15, -0.1) is 0 Å². The molecule has 0 radical (unpaired) electrons. The molecule has 0 aromatic carbocycles. The van der Waals surface area contributed by atoms with E-state index in [4.69, 9.17) is 0 Å². The van der Waals surface area contributed by atoms with Crippen LogP contribution in [-0.4, -0.2) is 22.9 Å². The van der Waals surface area contributed by atoms with E-state index < -0.39 is 0 Å². The Morgan fingerprint density at radius 1 is 1.50 bits per heavy atom. The fourth-order valence-electron chi connectivity index (χ4n) is 2.88. The summed E-state index contributed by atoms with van der Waals surface area (Å²) in [6.07, 6.45) is 7.21. The van der Waals surface area contributed by atoms with Crippen LogP contribution >= 0.6 is 0 Å². The Morgan fingerprint density at radius 3 is 3.06 bits per heavy atom. The first-order valence-electron chi connectivity index (χ1n) is 6.51. The number of nitrogens with one attached hydrogen (secondary N) is 1. The van der Waals surface area contributed by atoms with Crippen LogP contribution in [0.15, 0.2) is 12.3 Å². The second-order valence-corrected chi connectivity index (χ2v) is 4.88. The van der Waals surface area contributed by atoms with Gasteiger partial charge in [0.15, 0.2) is 0 Å². The molecule has 0 bridgehead atoms. The van der Waals surface area contributed by atoms with Crippen molar-refractivity contribution < 1.29 is 0 Å². The molecular formula is C13H23N3. The predicted molar refractivity (Wildman–Crippen MR) is 66.5 cm³/mol. The van der Waals surface area contributed by atoms with Crippen LogP contribution in [0.2, 0.25) is 0 Å². The van der Waals surface area contributed by atoms with E-state index in [1.54, 1.807) is 0 Å². The van der Waals surface area contributed by atoms with Crippen LogP contribution in [0, 0.1) is 5.92 Å². The largest absolute Gasteiger partial charge is 0.316 e. The molecule has 90 valence electrons. The maximum absolute atomic E-state index is 4.29. The number of hydrogen-bond donors (Lipinski definition) is 1. The van der Waals surface area contributed by atoms with Gasteiger partial charge in [-0.3, -0.25) is 4.68 Å². The van der Waals surface area contributed by atoms with E-state index in [2.05, 4.69) is 30.5 Å². The van der Waals surface area contributed by atoms with E-state index >= 15 is 0 Å². The van der Waals surface area contributed by atoms with Crippen molar-refractivity contribution >= 4 is 0 Å². The molecule has 1 aliphatic carbocycles. The molecule has 0 saturated heterocycles. The maximum Gasteiger partial charge on any atom is 0.0492 e. The summed E-state index contributed by atoms with van der Waals surface area (Å²) in [5.74, 6) is 1.53. The highest BCUT2D eigenvalue weighted by molar-refractivity contribution is 5.11. The van der Waals surface area contributed by atoms with Crippen LogP contribution < -0.4 is 5.32 Å². The van der Waals surface area contributed by atoms with E-state index in [0.29, 0.717) is 0 Å². The molecule has 3 nitrogen and oxygen atoms in total. The van der Waals surface area contributed by atoms with Crippen LogP contribution in [0.3, 0.4) is 0 Å². The monoisotopic (exact) mass is 221 g/mol. The predicted octanol–water partition coefficient (Wildman–Crippen LogP) is 2.30. The summed E-state index contributed by atoms with van der Waals surface area (Å²) >= 11 is 0. The average Bonchev–Trinajstić information content (AvgIpc) is 2.87. The molecule has 1 saturated carbocycles. The second-order valence-electron chi connectivity index (χ2n) is 4.88. The lowest BCUT2D eigenvalue weighted by atomic mass is 9.92. The quantitative estimate of drug-likeness (QED) is 0.773. The van der Waals surface area contributed by atoms with Gasteiger partial charge in [0, 0.05) is 24.9 Å². The van der Waals surface area contributed by atoms with Crippen molar-refractivity contribution in [2.45, 2.75) is 38.5 Å². The Morgan fingerprint density at radius 2 is 2.38 bits per heavy atom. The third kappa shape index (κ3) is 2.46. The topological polar surface area (TPSA) is 29.9 Å². The number of rotatable bonds is 5. The van der Waals surface area contributed by atoms with Gasteiger partial charge in [-0.1, -0.05) is 13.3 Å². The van der Waals surface area contributed by atoms with Crippen LogP contribution in [0.4, 0.5) is 0 Å². The highest BCUT2D eigenvalue weighted by Gasteiger charge is 2.29. The van der Waals surface area contributed by atoms with Gasteiger partial charge in [0.05, 0.1) is 0 Å². The maximum atomic E-state index is 4.29. The molecular weight excluding hydrogens is 198 g/mol. The van der Waals surface area contributed by atoms with Gasteiger partial charge in [-0.05, 0) is 44.3 Å². The molecule has 16 heavy (non-hydrogen) atoms. The van der Waals surface area contributed by atoms with Crippen molar-refractivity contribution in [3.8, 4) is 0 Å². The van der Waals surface area contributed by atoms with Gasteiger partial charge < -0.3 is 5.32 Å². The van der Waals surface area contributed by atoms with E-state index in [9.17, 15) is 0 Å². The zero-order chi connectivity index (χ0) is 11.4. The molecule has 3 heteroatoms. The zero-order valence-corrected chi connectivity index (χ0v) is 10.4. The summed E-state index contributed by atoms with van der Waals surface area (Å²) in [4.78, 5) is 0. The Bertz CT molecular complexity index is 319. The number of nitrogens with zero attached hydrogens (tertiary/aromatic N) is 2. The highest BCUT2D eigenvalue weighted by Crippen LogP contribution is 2.38.